The number of halogens is 1. The molecule has 1 unspecified atom stereocenters. The Hall–Kier alpha value is -2.74. The second-order valence-electron chi connectivity index (χ2n) is 6.01. The molecule has 0 bridgehead atoms. The molecule has 1 atom stereocenters. The SMILES string of the molecule is COc1ccc(CCNC(=O)C(C)n2nnc(-c3ccc(Br)cc3)n2)cc1. The van der Waals surface area contributed by atoms with Crippen LogP contribution in [0, 0.1) is 0 Å². The number of ether oxygens (including phenoxy) is 1. The number of rotatable bonds is 7. The van der Waals surface area contributed by atoms with Crippen LogP contribution < -0.4 is 10.1 Å². The van der Waals surface area contributed by atoms with Crippen LogP contribution in [-0.4, -0.2) is 39.8 Å². The Bertz CT molecular complexity index is 893. The minimum absolute atomic E-state index is 0.150. The van der Waals surface area contributed by atoms with Crippen molar-refractivity contribution in [1.29, 1.82) is 0 Å². The largest absolute Gasteiger partial charge is 0.497 e. The quantitative estimate of drug-likeness (QED) is 0.623. The average molecular weight is 430 g/mol. The van der Waals surface area contributed by atoms with Crippen molar-refractivity contribution < 1.29 is 9.53 Å². The van der Waals surface area contributed by atoms with Crippen LogP contribution in [0.25, 0.3) is 11.4 Å². The number of amides is 1. The van der Waals surface area contributed by atoms with Crippen molar-refractivity contribution in [2.45, 2.75) is 19.4 Å². The van der Waals surface area contributed by atoms with Crippen LogP contribution in [0.1, 0.15) is 18.5 Å². The Balaban J connectivity index is 1.54. The maximum absolute atomic E-state index is 12.4. The lowest BCUT2D eigenvalue weighted by molar-refractivity contribution is -0.124. The maximum Gasteiger partial charge on any atom is 0.246 e. The van der Waals surface area contributed by atoms with E-state index in [-0.39, 0.29) is 5.91 Å². The van der Waals surface area contributed by atoms with E-state index in [9.17, 15) is 4.79 Å². The zero-order valence-electron chi connectivity index (χ0n) is 15.1. The molecule has 140 valence electrons. The Morgan fingerprint density at radius 2 is 1.89 bits per heavy atom. The molecule has 2 aromatic carbocycles. The van der Waals surface area contributed by atoms with Crippen LogP contribution >= 0.6 is 15.9 Å². The Morgan fingerprint density at radius 1 is 1.19 bits per heavy atom. The summed E-state index contributed by atoms with van der Waals surface area (Å²) in [6, 6.07) is 14.8. The number of hydrogen-bond acceptors (Lipinski definition) is 5. The minimum Gasteiger partial charge on any atom is -0.497 e. The molecule has 0 aliphatic rings. The lowest BCUT2D eigenvalue weighted by atomic mass is 10.1. The molecule has 1 N–H and O–H groups in total. The van der Waals surface area contributed by atoms with Crippen molar-refractivity contribution in [1.82, 2.24) is 25.5 Å². The zero-order chi connectivity index (χ0) is 19.2. The molecule has 0 radical (unpaired) electrons. The van der Waals surface area contributed by atoms with E-state index in [2.05, 4.69) is 36.7 Å². The van der Waals surface area contributed by atoms with Gasteiger partial charge in [-0.15, -0.1) is 10.2 Å². The summed E-state index contributed by atoms with van der Waals surface area (Å²) in [5.41, 5.74) is 1.97. The highest BCUT2D eigenvalue weighted by Gasteiger charge is 2.18. The number of nitrogens with zero attached hydrogens (tertiary/aromatic N) is 4. The van der Waals surface area contributed by atoms with E-state index in [1.54, 1.807) is 14.0 Å². The van der Waals surface area contributed by atoms with E-state index in [0.717, 1.165) is 27.8 Å². The first-order chi connectivity index (χ1) is 13.1. The molecular weight excluding hydrogens is 410 g/mol. The summed E-state index contributed by atoms with van der Waals surface area (Å²) in [4.78, 5) is 13.7. The van der Waals surface area contributed by atoms with Gasteiger partial charge in [-0.3, -0.25) is 4.79 Å². The van der Waals surface area contributed by atoms with E-state index in [4.69, 9.17) is 4.74 Å². The number of tetrazole rings is 1. The van der Waals surface area contributed by atoms with E-state index < -0.39 is 6.04 Å². The van der Waals surface area contributed by atoms with Crippen LogP contribution in [0.5, 0.6) is 5.75 Å². The van der Waals surface area contributed by atoms with Gasteiger partial charge in [0.1, 0.15) is 11.8 Å². The molecular formula is C19H20BrN5O2. The molecule has 1 amide bonds. The molecule has 27 heavy (non-hydrogen) atoms. The Kier molecular flexibility index (Phi) is 6.18. The van der Waals surface area contributed by atoms with Crippen LogP contribution in [-0.2, 0) is 11.2 Å². The summed E-state index contributed by atoms with van der Waals surface area (Å²) in [5.74, 6) is 1.15. The number of methoxy groups -OCH3 is 1. The van der Waals surface area contributed by atoms with Crippen molar-refractivity contribution >= 4 is 21.8 Å². The van der Waals surface area contributed by atoms with Crippen LogP contribution in [0.3, 0.4) is 0 Å². The van der Waals surface area contributed by atoms with Crippen molar-refractivity contribution in [3.05, 3.63) is 58.6 Å². The molecule has 0 spiro atoms. The average Bonchev–Trinajstić information content (AvgIpc) is 3.18. The predicted molar refractivity (Wildman–Crippen MR) is 105 cm³/mol. The number of benzene rings is 2. The molecule has 0 saturated carbocycles. The third-order valence-corrected chi connectivity index (χ3v) is 4.66. The van der Waals surface area contributed by atoms with Gasteiger partial charge in [0.2, 0.25) is 11.7 Å². The van der Waals surface area contributed by atoms with Crippen molar-refractivity contribution in [2.75, 3.05) is 13.7 Å². The van der Waals surface area contributed by atoms with E-state index in [0.29, 0.717) is 12.4 Å². The van der Waals surface area contributed by atoms with E-state index >= 15 is 0 Å². The number of hydrogen-bond donors (Lipinski definition) is 1. The maximum atomic E-state index is 12.4. The smallest absolute Gasteiger partial charge is 0.246 e. The number of carbonyl (C=O) groups excluding carboxylic acids is 1. The fourth-order valence-electron chi connectivity index (χ4n) is 2.48. The van der Waals surface area contributed by atoms with Crippen molar-refractivity contribution in [3.8, 4) is 17.1 Å². The molecule has 0 aliphatic carbocycles. The normalized spacial score (nSPS) is 11.8. The number of nitrogens with one attached hydrogen (secondary N) is 1. The Labute approximate surface area is 165 Å². The van der Waals surface area contributed by atoms with Gasteiger partial charge < -0.3 is 10.1 Å². The predicted octanol–water partition coefficient (Wildman–Crippen LogP) is 3.03. The third-order valence-electron chi connectivity index (χ3n) is 4.13. The summed E-state index contributed by atoms with van der Waals surface area (Å²) in [5, 5.41) is 15.3. The van der Waals surface area contributed by atoms with Gasteiger partial charge in [-0.25, -0.2) is 0 Å². The van der Waals surface area contributed by atoms with Crippen molar-refractivity contribution in [3.63, 3.8) is 0 Å². The number of carbonyl (C=O) groups is 1. The fraction of sp³-hybridized carbons (Fsp3) is 0.263. The number of aromatic nitrogens is 4. The first kappa shape index (κ1) is 19.0. The van der Waals surface area contributed by atoms with Gasteiger partial charge in [0, 0.05) is 16.6 Å². The molecule has 3 aromatic rings. The van der Waals surface area contributed by atoms with Gasteiger partial charge in [0.05, 0.1) is 7.11 Å². The first-order valence-electron chi connectivity index (χ1n) is 8.53. The van der Waals surface area contributed by atoms with Crippen LogP contribution in [0.15, 0.2) is 53.0 Å². The lowest BCUT2D eigenvalue weighted by Gasteiger charge is -2.11. The van der Waals surface area contributed by atoms with Crippen LogP contribution in [0.2, 0.25) is 0 Å². The standard InChI is InChI=1S/C19H20BrN5O2/c1-13(19(26)21-12-11-14-3-9-17(27-2)10-4-14)25-23-18(22-24-25)15-5-7-16(20)8-6-15/h3-10,13H,11-12H2,1-2H3,(H,21,26). The van der Waals surface area contributed by atoms with E-state index in [1.165, 1.54) is 4.80 Å². The molecule has 0 saturated heterocycles. The highest BCUT2D eigenvalue weighted by molar-refractivity contribution is 9.10. The van der Waals surface area contributed by atoms with Crippen molar-refractivity contribution in [2.24, 2.45) is 0 Å². The molecule has 0 aliphatic heterocycles. The first-order valence-corrected chi connectivity index (χ1v) is 9.32. The van der Waals surface area contributed by atoms with Gasteiger partial charge in [-0.2, -0.15) is 4.80 Å². The zero-order valence-corrected chi connectivity index (χ0v) is 16.7. The molecule has 1 heterocycles. The molecule has 0 fully saturated rings. The van der Waals surface area contributed by atoms with Gasteiger partial charge >= 0.3 is 0 Å². The molecule has 7 nitrogen and oxygen atoms in total. The van der Waals surface area contributed by atoms with Gasteiger partial charge in [-0.05, 0) is 60.5 Å². The van der Waals surface area contributed by atoms with Gasteiger partial charge in [-0.1, -0.05) is 28.1 Å². The van der Waals surface area contributed by atoms with E-state index in [1.807, 2.05) is 48.5 Å². The summed E-state index contributed by atoms with van der Waals surface area (Å²) in [7, 11) is 1.64. The summed E-state index contributed by atoms with van der Waals surface area (Å²) in [6.07, 6.45) is 0.734. The second-order valence-corrected chi connectivity index (χ2v) is 6.92. The summed E-state index contributed by atoms with van der Waals surface area (Å²) in [6.45, 7) is 2.28. The van der Waals surface area contributed by atoms with Gasteiger partial charge in [0.25, 0.3) is 0 Å². The molecule has 1 aromatic heterocycles. The highest BCUT2D eigenvalue weighted by Crippen LogP contribution is 2.18. The highest BCUT2D eigenvalue weighted by atomic mass is 79.9. The summed E-state index contributed by atoms with van der Waals surface area (Å²) >= 11 is 3.39. The fourth-order valence-corrected chi connectivity index (χ4v) is 2.74. The lowest BCUT2D eigenvalue weighted by Crippen LogP contribution is -2.33. The third kappa shape index (κ3) is 4.91. The van der Waals surface area contributed by atoms with Crippen LogP contribution in [0.4, 0.5) is 0 Å². The minimum atomic E-state index is -0.544. The topological polar surface area (TPSA) is 81.9 Å². The molecule has 8 heteroatoms. The summed E-state index contributed by atoms with van der Waals surface area (Å²) < 4.78 is 6.11. The molecule has 3 rings (SSSR count). The monoisotopic (exact) mass is 429 g/mol. The Morgan fingerprint density at radius 3 is 2.56 bits per heavy atom. The second kappa shape index (κ2) is 8.77. The van der Waals surface area contributed by atoms with Gasteiger partial charge in [0.15, 0.2) is 0 Å².